The van der Waals surface area contributed by atoms with Crippen LogP contribution in [-0.2, 0) is 5.54 Å². The summed E-state index contributed by atoms with van der Waals surface area (Å²) in [5.41, 5.74) is 8.54. The van der Waals surface area contributed by atoms with Gasteiger partial charge >= 0.3 is 0 Å². The summed E-state index contributed by atoms with van der Waals surface area (Å²) in [6.07, 6.45) is 5.38. The number of rotatable bonds is 2. The quantitative estimate of drug-likeness (QED) is 0.221. The van der Waals surface area contributed by atoms with Crippen LogP contribution in [0.1, 0.15) is 44.0 Å². The van der Waals surface area contributed by atoms with Crippen molar-refractivity contribution in [2.75, 3.05) is 10.7 Å². The van der Waals surface area contributed by atoms with Crippen molar-refractivity contribution in [3.63, 3.8) is 0 Å². The Bertz CT molecular complexity index is 1060. The number of fused-ring (bicyclic) bond motifs is 4. The summed E-state index contributed by atoms with van der Waals surface area (Å²) in [5.74, 6) is 6.52. The monoisotopic (exact) mass is 413 g/mol. The van der Waals surface area contributed by atoms with E-state index in [9.17, 15) is 5.11 Å². The normalized spacial score (nSPS) is 23.3. The third kappa shape index (κ3) is 2.78. The zero-order chi connectivity index (χ0) is 20.2. The molecule has 1 aliphatic carbocycles. The summed E-state index contributed by atoms with van der Waals surface area (Å²) >= 11 is 6.13. The number of aromatic nitrogens is 3. The predicted molar refractivity (Wildman–Crippen MR) is 113 cm³/mol. The Morgan fingerprint density at radius 1 is 1.24 bits per heavy atom. The van der Waals surface area contributed by atoms with Gasteiger partial charge < -0.3 is 15.4 Å². The molecule has 3 heterocycles. The molecule has 29 heavy (non-hydrogen) atoms. The molecule has 6 N–H and O–H groups in total. The number of nitrogen functional groups attached to an aromatic ring is 1. The van der Waals surface area contributed by atoms with Gasteiger partial charge in [-0.3, -0.25) is 10.3 Å². The summed E-state index contributed by atoms with van der Waals surface area (Å²) in [6, 6.07) is 9.43. The highest BCUT2D eigenvalue weighted by molar-refractivity contribution is 6.28. The molecule has 8 nitrogen and oxygen atoms in total. The summed E-state index contributed by atoms with van der Waals surface area (Å²) < 4.78 is 2.14. The Balaban J connectivity index is 1.72. The van der Waals surface area contributed by atoms with Gasteiger partial charge in [0.15, 0.2) is 0 Å². The Hall–Kier alpha value is -2.39. The van der Waals surface area contributed by atoms with E-state index in [4.69, 9.17) is 23.2 Å². The number of anilines is 2. The van der Waals surface area contributed by atoms with E-state index in [1.54, 1.807) is 17.3 Å². The molecule has 1 spiro atoms. The van der Waals surface area contributed by atoms with Crippen molar-refractivity contribution in [3.8, 4) is 0 Å². The van der Waals surface area contributed by atoms with Crippen molar-refractivity contribution in [3.05, 3.63) is 47.5 Å². The lowest BCUT2D eigenvalue weighted by Gasteiger charge is -2.50. The van der Waals surface area contributed by atoms with Gasteiger partial charge in [0.25, 0.3) is 0 Å². The minimum atomic E-state index is -0.791. The van der Waals surface area contributed by atoms with Crippen molar-refractivity contribution >= 4 is 34.0 Å². The third-order valence-corrected chi connectivity index (χ3v) is 6.48. The first-order chi connectivity index (χ1) is 14.0. The Morgan fingerprint density at radius 2 is 2.00 bits per heavy atom. The van der Waals surface area contributed by atoms with Crippen LogP contribution in [0.4, 0.5) is 11.4 Å². The second kappa shape index (κ2) is 6.84. The van der Waals surface area contributed by atoms with Gasteiger partial charge in [0.1, 0.15) is 18.0 Å². The van der Waals surface area contributed by atoms with Crippen molar-refractivity contribution in [1.82, 2.24) is 19.9 Å². The Kier molecular flexibility index (Phi) is 4.40. The summed E-state index contributed by atoms with van der Waals surface area (Å²) in [7, 11) is 0. The smallest absolute Gasteiger partial charge is 0.224 e. The largest absolute Gasteiger partial charge is 0.397 e. The van der Waals surface area contributed by atoms with Crippen molar-refractivity contribution in [2.45, 2.75) is 50.0 Å². The van der Waals surface area contributed by atoms with E-state index in [0.717, 1.165) is 48.8 Å². The minimum Gasteiger partial charge on any atom is -0.397 e. The van der Waals surface area contributed by atoms with Crippen LogP contribution in [0.2, 0.25) is 5.28 Å². The number of nitrogens with zero attached hydrogens (tertiary/aromatic N) is 4. The maximum atomic E-state index is 11.3. The van der Waals surface area contributed by atoms with Crippen LogP contribution >= 0.6 is 11.6 Å². The molecule has 0 bridgehead atoms. The van der Waals surface area contributed by atoms with Crippen LogP contribution in [0.25, 0.3) is 11.0 Å². The molecule has 2 aromatic heterocycles. The molecular formula is C20H24ClN7O. The number of halogens is 1. The van der Waals surface area contributed by atoms with E-state index >= 15 is 0 Å². The molecule has 1 saturated carbocycles. The Labute approximate surface area is 173 Å². The highest BCUT2D eigenvalue weighted by Crippen LogP contribution is 2.46. The first kappa shape index (κ1) is 18.6. The fourth-order valence-corrected chi connectivity index (χ4v) is 5.04. The number of para-hydroxylation sites is 2. The number of hydrogen-bond acceptors (Lipinski definition) is 7. The van der Waals surface area contributed by atoms with Gasteiger partial charge in [-0.05, 0) is 42.6 Å². The fraction of sp³-hybridized carbons (Fsp3) is 0.400. The molecule has 152 valence electrons. The maximum absolute atomic E-state index is 11.3. The van der Waals surface area contributed by atoms with Gasteiger partial charge in [0.2, 0.25) is 5.28 Å². The van der Waals surface area contributed by atoms with Crippen LogP contribution in [0, 0.1) is 0 Å². The highest BCUT2D eigenvalue weighted by Gasteiger charge is 2.49. The van der Waals surface area contributed by atoms with Crippen LogP contribution in [-0.4, -0.2) is 25.9 Å². The molecule has 1 fully saturated rings. The number of benzene rings is 1. The van der Waals surface area contributed by atoms with Gasteiger partial charge in [-0.2, -0.15) is 4.98 Å². The number of hydrogen-bond donors (Lipinski definition) is 4. The molecule has 9 heteroatoms. The molecule has 2 atom stereocenters. The zero-order valence-corrected chi connectivity index (χ0v) is 16.7. The molecule has 1 aliphatic heterocycles. The van der Waals surface area contributed by atoms with Crippen molar-refractivity contribution in [1.29, 1.82) is 0 Å². The molecule has 0 radical (unpaired) electrons. The SMILES string of the molecule is Nc1ccccc1N(N)C1NC(O)C2(CCCCC2)n2c1cc1cnc(Cl)nc12. The molecule has 2 aliphatic rings. The third-order valence-electron chi connectivity index (χ3n) is 6.30. The molecule has 0 saturated heterocycles. The lowest BCUT2D eigenvalue weighted by molar-refractivity contribution is -0.0417. The number of aliphatic hydroxyl groups is 1. The zero-order valence-electron chi connectivity index (χ0n) is 15.9. The fourth-order valence-electron chi connectivity index (χ4n) is 4.92. The summed E-state index contributed by atoms with van der Waals surface area (Å²) in [6.45, 7) is 0. The average molecular weight is 414 g/mol. The number of hydrazine groups is 1. The van der Waals surface area contributed by atoms with E-state index in [1.165, 1.54) is 0 Å². The molecule has 0 amide bonds. The molecule has 1 aromatic carbocycles. The van der Waals surface area contributed by atoms with E-state index in [1.807, 2.05) is 24.3 Å². The predicted octanol–water partition coefficient (Wildman–Crippen LogP) is 2.63. The van der Waals surface area contributed by atoms with Gasteiger partial charge in [-0.1, -0.05) is 31.4 Å². The van der Waals surface area contributed by atoms with E-state index in [2.05, 4.69) is 19.9 Å². The average Bonchev–Trinajstić information content (AvgIpc) is 3.11. The topological polar surface area (TPSA) is 118 Å². The second-order valence-corrected chi connectivity index (χ2v) is 8.26. The number of aliphatic hydroxyl groups excluding tert-OH is 1. The van der Waals surface area contributed by atoms with Crippen LogP contribution < -0.4 is 21.9 Å². The molecule has 3 aromatic rings. The first-order valence-electron chi connectivity index (χ1n) is 9.88. The molecular weight excluding hydrogens is 390 g/mol. The summed E-state index contributed by atoms with van der Waals surface area (Å²) in [5, 5.41) is 17.2. The first-order valence-corrected chi connectivity index (χ1v) is 10.3. The van der Waals surface area contributed by atoms with Gasteiger partial charge in [-0.15, -0.1) is 0 Å². The van der Waals surface area contributed by atoms with Crippen LogP contribution in [0.15, 0.2) is 36.5 Å². The standard InChI is InChI=1S/C20H24ClN7O/c21-19-24-11-12-10-15-17(28(23)14-7-3-2-6-13(14)22)25-18(29)20(8-4-1-5-9-20)27(15)16(12)26-19/h2-3,6-7,10-11,17-18,25,29H,1,4-5,8-9,22-23H2. The highest BCUT2D eigenvalue weighted by atomic mass is 35.5. The van der Waals surface area contributed by atoms with Gasteiger partial charge in [0, 0.05) is 11.6 Å². The molecule has 5 rings (SSSR count). The van der Waals surface area contributed by atoms with E-state index in [-0.39, 0.29) is 5.28 Å². The van der Waals surface area contributed by atoms with Gasteiger partial charge in [0.05, 0.1) is 22.6 Å². The van der Waals surface area contributed by atoms with Crippen LogP contribution in [0.3, 0.4) is 0 Å². The minimum absolute atomic E-state index is 0.186. The second-order valence-electron chi connectivity index (χ2n) is 7.92. The number of nitrogens with one attached hydrogen (secondary N) is 1. The lowest BCUT2D eigenvalue weighted by atomic mass is 9.78. The van der Waals surface area contributed by atoms with E-state index in [0.29, 0.717) is 11.4 Å². The lowest BCUT2D eigenvalue weighted by Crippen LogP contribution is -2.62. The van der Waals surface area contributed by atoms with E-state index < -0.39 is 17.9 Å². The Morgan fingerprint density at radius 3 is 2.76 bits per heavy atom. The van der Waals surface area contributed by atoms with Crippen molar-refractivity contribution < 1.29 is 5.11 Å². The molecule has 2 unspecified atom stereocenters. The van der Waals surface area contributed by atoms with Crippen molar-refractivity contribution in [2.24, 2.45) is 5.84 Å². The summed E-state index contributed by atoms with van der Waals surface area (Å²) in [4.78, 5) is 8.65. The van der Waals surface area contributed by atoms with Gasteiger partial charge in [-0.25, -0.2) is 10.8 Å². The number of nitrogens with two attached hydrogens (primary N) is 2. The van der Waals surface area contributed by atoms with Crippen LogP contribution in [0.5, 0.6) is 0 Å². The maximum Gasteiger partial charge on any atom is 0.224 e.